The highest BCUT2D eigenvalue weighted by Gasteiger charge is 2.25. The molecule has 1 atom stereocenters. The predicted molar refractivity (Wildman–Crippen MR) is 110 cm³/mol. The van der Waals surface area contributed by atoms with Gasteiger partial charge < -0.3 is 70.2 Å². The van der Waals surface area contributed by atoms with Crippen LogP contribution >= 0.6 is 23.5 Å². The van der Waals surface area contributed by atoms with Crippen molar-refractivity contribution in [1.82, 2.24) is 9.97 Å². The fraction of sp³-hybridized carbons (Fsp3) is 0.600. The smallest absolute Gasteiger partial charge is 0.396 e. The number of nitrogen functional groups attached to an aromatic ring is 1. The van der Waals surface area contributed by atoms with Crippen molar-refractivity contribution in [3.63, 3.8) is 0 Å². The van der Waals surface area contributed by atoms with Gasteiger partial charge in [0.05, 0.1) is 6.67 Å². The van der Waals surface area contributed by atoms with E-state index in [2.05, 4.69) is 15.3 Å². The Morgan fingerprint density at radius 2 is 1.36 bits per heavy atom. The molecule has 0 amide bonds. The van der Waals surface area contributed by atoms with E-state index in [0.717, 1.165) is 0 Å². The average Bonchev–Trinajstić information content (AvgIpc) is 2.92. The third-order valence-corrected chi connectivity index (χ3v) is 2.94. The van der Waals surface area contributed by atoms with Crippen molar-refractivity contribution in [2.45, 2.75) is 6.42 Å². The van der Waals surface area contributed by atoms with Gasteiger partial charge in [0.15, 0.2) is 5.82 Å². The third-order valence-electron chi connectivity index (χ3n) is 2.94. The van der Waals surface area contributed by atoms with Crippen molar-refractivity contribution >= 4 is 40.9 Å². The Morgan fingerprint density at radius 1 is 0.939 bits per heavy atom. The third kappa shape index (κ3) is 23.5. The van der Waals surface area contributed by atoms with Crippen LogP contribution in [0.25, 0.3) is 0 Å². The van der Waals surface area contributed by atoms with Crippen molar-refractivity contribution in [2.24, 2.45) is 5.92 Å². The molecule has 0 aromatic carbocycles. The lowest BCUT2D eigenvalue weighted by atomic mass is 10.1. The van der Waals surface area contributed by atoms with Crippen LogP contribution in [0, 0.1) is 5.92 Å². The summed E-state index contributed by atoms with van der Waals surface area (Å²) >= 11 is 0. The molecule has 0 aliphatic carbocycles. The van der Waals surface area contributed by atoms with Gasteiger partial charge in [0.2, 0.25) is 5.95 Å². The van der Waals surface area contributed by atoms with E-state index in [9.17, 15) is 9.90 Å². The largest absolute Gasteiger partial charge is 0.466 e. The van der Waals surface area contributed by atoms with Crippen molar-refractivity contribution in [2.75, 3.05) is 42.4 Å². The summed E-state index contributed by atoms with van der Waals surface area (Å²) in [7, 11) is -13.9. The number of phosphoric acid groups is 3. The summed E-state index contributed by atoms with van der Waals surface area (Å²) in [5, 5.41) is 21.0. The minimum Gasteiger partial charge on any atom is -0.396 e. The molecule has 1 aromatic heterocycles. The molecule has 0 spiro atoms. The zero-order valence-electron chi connectivity index (χ0n) is 16.5. The lowest BCUT2D eigenvalue weighted by Crippen LogP contribution is -2.31. The van der Waals surface area contributed by atoms with Gasteiger partial charge in [-0.2, -0.15) is 4.98 Å². The fourth-order valence-corrected chi connectivity index (χ4v) is 2.00. The highest BCUT2D eigenvalue weighted by atomic mass is 31.2. The van der Waals surface area contributed by atoms with E-state index in [1.807, 2.05) is 4.90 Å². The van der Waals surface area contributed by atoms with Gasteiger partial charge in [0.1, 0.15) is 5.69 Å². The minimum absolute atomic E-state index is 0.0181. The molecule has 1 aromatic rings. The van der Waals surface area contributed by atoms with Crippen LogP contribution in [-0.4, -0.2) is 90.6 Å². The van der Waals surface area contributed by atoms with E-state index in [4.69, 9.17) is 68.6 Å². The molecule has 23 heteroatoms. The van der Waals surface area contributed by atoms with Gasteiger partial charge in [-0.3, -0.25) is 9.78 Å². The van der Waals surface area contributed by atoms with Gasteiger partial charge in [0, 0.05) is 25.7 Å². The summed E-state index contributed by atoms with van der Waals surface area (Å²) in [6.07, 6.45) is 0.501. The van der Waals surface area contributed by atoms with E-state index in [-0.39, 0.29) is 30.6 Å². The number of H-pyrrole nitrogens is 1. The lowest BCUT2D eigenvalue weighted by molar-refractivity contribution is 0.186. The SMILES string of the molecule is Nc1nc2c(c(=O)[nH]1)NCN2CC(CO)CCO.O=P(O)(O)O.O=P(O)(O)O.O=P(O)(O)O. The maximum Gasteiger partial charge on any atom is 0.466 e. The molecule has 0 fully saturated rings. The van der Waals surface area contributed by atoms with Crippen molar-refractivity contribution in [1.29, 1.82) is 0 Å². The second kappa shape index (κ2) is 14.7. The molecular formula is C10H26N5O15P3. The van der Waals surface area contributed by atoms with Crippen LogP contribution in [0.5, 0.6) is 0 Å². The molecule has 15 N–H and O–H groups in total. The van der Waals surface area contributed by atoms with Gasteiger partial charge in [-0.1, -0.05) is 0 Å². The molecule has 1 aliphatic rings. The number of fused-ring (bicyclic) bond motifs is 1. The molecular weight excluding hydrogens is 523 g/mol. The topological polar surface area (TPSA) is 361 Å². The normalized spacial score (nSPS) is 13.7. The quantitative estimate of drug-likeness (QED) is 0.154. The standard InChI is InChI=1S/C10H17N5O3.3H3O4P/c11-10-13-8-7(9(18)14-10)12-5-15(8)3-6(4-17)1-2-16;3*1-5(2,3)4/h6,12,16-17H,1-5H2,(H3,11,13,14,18);3*(H3,1,2,3,4). The number of nitrogens with one attached hydrogen (secondary N) is 2. The highest BCUT2D eigenvalue weighted by molar-refractivity contribution is 7.45. The summed E-state index contributed by atoms with van der Waals surface area (Å²) in [5.41, 5.74) is 5.60. The van der Waals surface area contributed by atoms with Crippen molar-refractivity contribution < 1.29 is 67.9 Å². The van der Waals surface area contributed by atoms with Gasteiger partial charge >= 0.3 is 23.5 Å². The van der Waals surface area contributed by atoms with Gasteiger partial charge in [0.25, 0.3) is 5.56 Å². The first-order chi connectivity index (χ1) is 14.7. The van der Waals surface area contributed by atoms with Crippen LogP contribution in [0.3, 0.4) is 0 Å². The number of hydrogen-bond acceptors (Lipinski definition) is 10. The zero-order chi connectivity index (χ0) is 26.6. The second-order valence-electron chi connectivity index (χ2n) is 5.81. The van der Waals surface area contributed by atoms with E-state index >= 15 is 0 Å². The Hall–Kier alpha value is -1.47. The number of aliphatic hydroxyl groups excluding tert-OH is 2. The molecule has 0 saturated heterocycles. The maximum absolute atomic E-state index is 11.6. The number of aliphatic hydroxyl groups is 2. The Balaban J connectivity index is 0. The number of nitrogens with two attached hydrogens (primary N) is 1. The Kier molecular flexibility index (Phi) is 15.0. The van der Waals surface area contributed by atoms with Crippen LogP contribution in [0.4, 0.5) is 17.5 Å². The molecule has 1 unspecified atom stereocenters. The van der Waals surface area contributed by atoms with Crippen LogP contribution in [0.15, 0.2) is 4.79 Å². The summed E-state index contributed by atoms with van der Waals surface area (Å²) in [4.78, 5) is 84.6. The number of anilines is 3. The van der Waals surface area contributed by atoms with Gasteiger partial charge in [-0.15, -0.1) is 0 Å². The van der Waals surface area contributed by atoms with Gasteiger partial charge in [-0.25, -0.2) is 13.7 Å². The van der Waals surface area contributed by atoms with Crippen molar-refractivity contribution in [3.05, 3.63) is 10.4 Å². The summed E-state index contributed by atoms with van der Waals surface area (Å²) in [6, 6.07) is 0. The summed E-state index contributed by atoms with van der Waals surface area (Å²) in [5.74, 6) is 0.493. The monoisotopic (exact) mass is 549 g/mol. The van der Waals surface area contributed by atoms with Crippen LogP contribution in [0.1, 0.15) is 6.42 Å². The van der Waals surface area contributed by atoms with E-state index in [0.29, 0.717) is 31.1 Å². The summed E-state index contributed by atoms with van der Waals surface area (Å²) in [6.45, 7) is 0.944. The Morgan fingerprint density at radius 3 is 1.73 bits per heavy atom. The predicted octanol–water partition coefficient (Wildman–Crippen LogP) is -4.25. The minimum atomic E-state index is -4.64. The molecule has 20 nitrogen and oxygen atoms in total. The maximum atomic E-state index is 11.6. The number of hydrogen-bond donors (Lipinski definition) is 14. The first-order valence-electron chi connectivity index (χ1n) is 8.10. The van der Waals surface area contributed by atoms with Crippen LogP contribution in [0.2, 0.25) is 0 Å². The Bertz CT molecular complexity index is 838. The lowest BCUT2D eigenvalue weighted by Gasteiger charge is -2.22. The summed E-state index contributed by atoms with van der Waals surface area (Å²) < 4.78 is 26.6. The first-order valence-corrected chi connectivity index (χ1v) is 12.8. The molecule has 1 aliphatic heterocycles. The number of aromatic amines is 1. The highest BCUT2D eigenvalue weighted by Crippen LogP contribution is 2.27. The number of aromatic nitrogens is 2. The fourth-order valence-electron chi connectivity index (χ4n) is 2.00. The molecule has 2 rings (SSSR count). The molecule has 0 radical (unpaired) electrons. The first kappa shape index (κ1) is 33.7. The average molecular weight is 549 g/mol. The Labute approximate surface area is 184 Å². The van der Waals surface area contributed by atoms with Crippen LogP contribution < -0.4 is 21.5 Å². The van der Waals surface area contributed by atoms with Gasteiger partial charge in [-0.05, 0) is 6.42 Å². The van der Waals surface area contributed by atoms with E-state index in [1.54, 1.807) is 0 Å². The molecule has 33 heavy (non-hydrogen) atoms. The molecule has 2 heterocycles. The molecule has 0 bridgehead atoms. The number of nitrogens with zero attached hydrogens (tertiary/aromatic N) is 2. The zero-order valence-corrected chi connectivity index (χ0v) is 19.2. The second-order valence-corrected chi connectivity index (χ2v) is 8.89. The molecule has 196 valence electrons. The van der Waals surface area contributed by atoms with Crippen molar-refractivity contribution in [3.8, 4) is 0 Å². The van der Waals surface area contributed by atoms with Crippen LogP contribution in [-0.2, 0) is 13.7 Å². The van der Waals surface area contributed by atoms with E-state index in [1.165, 1.54) is 0 Å². The van der Waals surface area contributed by atoms with E-state index < -0.39 is 23.5 Å². The number of rotatable bonds is 5. The molecule has 0 saturated carbocycles.